The van der Waals surface area contributed by atoms with Crippen LogP contribution in [0.3, 0.4) is 0 Å². The first-order valence-corrected chi connectivity index (χ1v) is 9.53. The molecule has 0 aliphatic carbocycles. The van der Waals surface area contributed by atoms with Crippen LogP contribution in [0.5, 0.6) is 0 Å². The number of rotatable bonds is 4. The molecule has 0 unspecified atom stereocenters. The van der Waals surface area contributed by atoms with Gasteiger partial charge in [-0.15, -0.1) is 0 Å². The van der Waals surface area contributed by atoms with Gasteiger partial charge in [0.1, 0.15) is 0 Å². The minimum Gasteiger partial charge on any atom is -0.369 e. The Kier molecular flexibility index (Phi) is 4.60. The minimum atomic E-state index is -3.59. The van der Waals surface area contributed by atoms with E-state index < -0.39 is 10.0 Å². The van der Waals surface area contributed by atoms with Gasteiger partial charge in [-0.2, -0.15) is 4.31 Å². The van der Waals surface area contributed by atoms with Gasteiger partial charge in [-0.25, -0.2) is 8.42 Å². The molecule has 0 bridgehead atoms. The summed E-state index contributed by atoms with van der Waals surface area (Å²) < 4.78 is 26.8. The zero-order valence-electron chi connectivity index (χ0n) is 13.3. The van der Waals surface area contributed by atoms with Crippen molar-refractivity contribution in [3.05, 3.63) is 24.3 Å². The molecular weight excluding hydrogens is 330 g/mol. The van der Waals surface area contributed by atoms with Gasteiger partial charge in [-0.3, -0.25) is 9.59 Å². The highest BCUT2D eigenvalue weighted by atomic mass is 32.2. The summed E-state index contributed by atoms with van der Waals surface area (Å²) in [5.74, 6) is -0.550. The van der Waals surface area contributed by atoms with E-state index in [1.54, 1.807) is 17.0 Å². The summed E-state index contributed by atoms with van der Waals surface area (Å²) in [6.45, 7) is 1.26. The predicted octanol–water partition coefficient (Wildman–Crippen LogP) is 0.699. The monoisotopic (exact) mass is 351 g/mol. The van der Waals surface area contributed by atoms with Crippen molar-refractivity contribution >= 4 is 27.5 Å². The van der Waals surface area contributed by atoms with Crippen LogP contribution in [0.25, 0.3) is 0 Å². The van der Waals surface area contributed by atoms with Crippen molar-refractivity contribution in [3.63, 3.8) is 0 Å². The highest BCUT2D eigenvalue weighted by Crippen LogP contribution is 2.26. The molecule has 2 amide bonds. The number of benzene rings is 1. The van der Waals surface area contributed by atoms with Gasteiger partial charge >= 0.3 is 0 Å². The highest BCUT2D eigenvalue weighted by Gasteiger charge is 2.31. The Balaban J connectivity index is 1.73. The number of nitrogens with two attached hydrogens (primary N) is 1. The molecule has 3 rings (SSSR count). The first-order valence-electron chi connectivity index (χ1n) is 8.09. The zero-order valence-corrected chi connectivity index (χ0v) is 14.2. The molecule has 0 spiro atoms. The van der Waals surface area contributed by atoms with E-state index in [-0.39, 0.29) is 22.6 Å². The summed E-state index contributed by atoms with van der Waals surface area (Å²) in [6.07, 6.45) is 2.27. The number of carbonyl (C=O) groups excluding carboxylic acids is 2. The SMILES string of the molecule is NC(=O)C1CCN(S(=O)(=O)c2ccc(N3CCCC3=O)cc2)CC1. The first kappa shape index (κ1) is 16.9. The van der Waals surface area contributed by atoms with Gasteiger partial charge in [-0.1, -0.05) is 0 Å². The fourth-order valence-corrected chi connectivity index (χ4v) is 4.72. The minimum absolute atomic E-state index is 0.0686. The lowest BCUT2D eigenvalue weighted by Crippen LogP contribution is -2.41. The van der Waals surface area contributed by atoms with Crippen molar-refractivity contribution in [1.82, 2.24) is 4.31 Å². The van der Waals surface area contributed by atoms with Crippen molar-refractivity contribution in [2.75, 3.05) is 24.5 Å². The van der Waals surface area contributed by atoms with Gasteiger partial charge in [0.25, 0.3) is 0 Å². The Morgan fingerprint density at radius 2 is 1.71 bits per heavy atom. The number of piperidine rings is 1. The fraction of sp³-hybridized carbons (Fsp3) is 0.500. The topological polar surface area (TPSA) is 101 Å². The largest absolute Gasteiger partial charge is 0.369 e. The average Bonchev–Trinajstić information content (AvgIpc) is 3.01. The molecule has 0 saturated carbocycles. The molecule has 0 aromatic heterocycles. The standard InChI is InChI=1S/C16H21N3O4S/c17-16(21)12-7-10-18(11-8-12)24(22,23)14-5-3-13(4-6-14)19-9-1-2-15(19)20/h3-6,12H,1-2,7-11H2,(H2,17,21). The molecule has 0 radical (unpaired) electrons. The first-order chi connectivity index (χ1) is 11.4. The maximum Gasteiger partial charge on any atom is 0.243 e. The molecule has 2 aliphatic rings. The number of nitrogens with zero attached hydrogens (tertiary/aromatic N) is 2. The lowest BCUT2D eigenvalue weighted by molar-refractivity contribution is -0.122. The van der Waals surface area contributed by atoms with E-state index in [1.807, 2.05) is 0 Å². The van der Waals surface area contributed by atoms with E-state index >= 15 is 0 Å². The van der Waals surface area contributed by atoms with Gasteiger partial charge in [0.15, 0.2) is 0 Å². The molecular formula is C16H21N3O4S. The Bertz CT molecular complexity index is 737. The van der Waals surface area contributed by atoms with Crippen LogP contribution < -0.4 is 10.6 Å². The lowest BCUT2D eigenvalue weighted by atomic mass is 9.98. The Morgan fingerprint density at radius 3 is 2.21 bits per heavy atom. The fourth-order valence-electron chi connectivity index (χ4n) is 3.25. The van der Waals surface area contributed by atoms with Crippen LogP contribution in [0.1, 0.15) is 25.7 Å². The molecule has 2 fully saturated rings. The molecule has 1 aromatic rings. The summed E-state index contributed by atoms with van der Waals surface area (Å²) in [7, 11) is -3.59. The predicted molar refractivity (Wildman–Crippen MR) is 88.7 cm³/mol. The second-order valence-corrected chi connectivity index (χ2v) is 8.16. The van der Waals surface area contributed by atoms with Gasteiger partial charge in [-0.05, 0) is 43.5 Å². The van der Waals surface area contributed by atoms with Crippen molar-refractivity contribution in [3.8, 4) is 0 Å². The number of amides is 2. The van der Waals surface area contributed by atoms with Crippen molar-refractivity contribution in [1.29, 1.82) is 0 Å². The van der Waals surface area contributed by atoms with Crippen LogP contribution in [0.4, 0.5) is 5.69 Å². The van der Waals surface area contributed by atoms with Crippen LogP contribution in [0.2, 0.25) is 0 Å². The van der Waals surface area contributed by atoms with Gasteiger partial charge in [0.05, 0.1) is 4.90 Å². The number of sulfonamides is 1. The van der Waals surface area contributed by atoms with Gasteiger partial charge in [0.2, 0.25) is 21.8 Å². The third-order valence-corrected chi connectivity index (χ3v) is 6.63. The number of hydrogen-bond acceptors (Lipinski definition) is 4. The molecule has 24 heavy (non-hydrogen) atoms. The van der Waals surface area contributed by atoms with Crippen LogP contribution in [-0.4, -0.2) is 44.2 Å². The number of carbonyl (C=O) groups is 2. The van der Waals surface area contributed by atoms with Crippen molar-refractivity contribution < 1.29 is 18.0 Å². The third kappa shape index (κ3) is 3.16. The quantitative estimate of drug-likeness (QED) is 0.863. The third-order valence-electron chi connectivity index (χ3n) is 4.72. The molecule has 2 saturated heterocycles. The highest BCUT2D eigenvalue weighted by molar-refractivity contribution is 7.89. The number of hydrogen-bond donors (Lipinski definition) is 1. The molecule has 8 heteroatoms. The molecule has 1 aromatic carbocycles. The summed E-state index contributed by atoms with van der Waals surface area (Å²) in [5, 5.41) is 0. The van der Waals surface area contributed by atoms with E-state index in [0.29, 0.717) is 38.9 Å². The number of primary amides is 1. The van der Waals surface area contributed by atoms with Crippen molar-refractivity contribution in [2.45, 2.75) is 30.6 Å². The average molecular weight is 351 g/mol. The smallest absolute Gasteiger partial charge is 0.243 e. The van der Waals surface area contributed by atoms with Crippen LogP contribution in [-0.2, 0) is 19.6 Å². The maximum absolute atomic E-state index is 12.7. The van der Waals surface area contributed by atoms with E-state index in [9.17, 15) is 18.0 Å². The summed E-state index contributed by atoms with van der Waals surface area (Å²) in [5.41, 5.74) is 6.01. The maximum atomic E-state index is 12.7. The number of anilines is 1. The molecule has 2 N–H and O–H groups in total. The molecule has 130 valence electrons. The van der Waals surface area contributed by atoms with Crippen molar-refractivity contribution in [2.24, 2.45) is 11.7 Å². The van der Waals surface area contributed by atoms with E-state index in [1.165, 1.54) is 16.4 Å². The van der Waals surface area contributed by atoms with Crippen LogP contribution in [0.15, 0.2) is 29.2 Å². The van der Waals surface area contributed by atoms with E-state index in [0.717, 1.165) is 12.1 Å². The Hall–Kier alpha value is -1.93. The molecule has 7 nitrogen and oxygen atoms in total. The van der Waals surface area contributed by atoms with Gasteiger partial charge < -0.3 is 10.6 Å². The molecule has 2 aliphatic heterocycles. The Morgan fingerprint density at radius 1 is 1.08 bits per heavy atom. The van der Waals surface area contributed by atoms with E-state index in [4.69, 9.17) is 5.73 Å². The second kappa shape index (κ2) is 6.52. The second-order valence-electron chi connectivity index (χ2n) is 6.22. The molecule has 0 atom stereocenters. The summed E-state index contributed by atoms with van der Waals surface area (Å²) in [6, 6.07) is 6.42. The molecule has 2 heterocycles. The summed E-state index contributed by atoms with van der Waals surface area (Å²) >= 11 is 0. The van der Waals surface area contributed by atoms with Crippen LogP contribution >= 0.6 is 0 Å². The zero-order chi connectivity index (χ0) is 17.3. The summed E-state index contributed by atoms with van der Waals surface area (Å²) in [4.78, 5) is 24.8. The van der Waals surface area contributed by atoms with E-state index in [2.05, 4.69) is 0 Å². The lowest BCUT2D eigenvalue weighted by Gasteiger charge is -2.29. The Labute approximate surface area is 141 Å². The van der Waals surface area contributed by atoms with Crippen LogP contribution in [0, 0.1) is 5.92 Å². The normalized spacial score (nSPS) is 20.5. The van der Waals surface area contributed by atoms with Gasteiger partial charge in [0, 0.05) is 37.7 Å².